The summed E-state index contributed by atoms with van der Waals surface area (Å²) in [6.07, 6.45) is 2.44. The Kier molecular flexibility index (Phi) is 7.53. The molecule has 3 N–H and O–H groups in total. The first kappa shape index (κ1) is 22.8. The number of nitrogens with one attached hydrogen (secondary N) is 1. The van der Waals surface area contributed by atoms with Gasteiger partial charge in [-0.15, -0.1) is 0 Å². The van der Waals surface area contributed by atoms with Crippen molar-refractivity contribution in [3.8, 4) is 0 Å². The topological polar surface area (TPSA) is 72.2 Å². The molecule has 0 spiro atoms. The van der Waals surface area contributed by atoms with Crippen LogP contribution in [0.5, 0.6) is 0 Å². The van der Waals surface area contributed by atoms with Crippen LogP contribution in [0.1, 0.15) is 37.3 Å². The van der Waals surface area contributed by atoms with E-state index in [1.165, 1.54) is 0 Å². The van der Waals surface area contributed by atoms with E-state index in [1.54, 1.807) is 12.1 Å². The summed E-state index contributed by atoms with van der Waals surface area (Å²) < 4.78 is -0.191. The summed E-state index contributed by atoms with van der Waals surface area (Å²) in [6, 6.07) is 14.4. The molecule has 1 aliphatic rings. The molecule has 1 saturated heterocycles. The van der Waals surface area contributed by atoms with E-state index >= 15 is 0 Å². The highest BCUT2D eigenvalue weighted by atomic mass is 35.5. The van der Waals surface area contributed by atoms with Gasteiger partial charge in [0.1, 0.15) is 6.04 Å². The zero-order valence-electron chi connectivity index (χ0n) is 17.1. The van der Waals surface area contributed by atoms with Gasteiger partial charge in [0.15, 0.2) is 0 Å². The lowest BCUT2D eigenvalue weighted by atomic mass is 10.0. The number of imide groups is 1. The summed E-state index contributed by atoms with van der Waals surface area (Å²) in [7, 11) is 0. The molecule has 3 amide bonds. The molecule has 160 valence electrons. The van der Waals surface area contributed by atoms with Crippen LogP contribution >= 0.6 is 23.2 Å². The van der Waals surface area contributed by atoms with E-state index < -0.39 is 0 Å². The summed E-state index contributed by atoms with van der Waals surface area (Å²) in [4.78, 5) is 26.5. The number of carbonyl (C=O) groups is 2. The molecule has 3 atom stereocenters. The Morgan fingerprint density at radius 2 is 1.87 bits per heavy atom. The van der Waals surface area contributed by atoms with Crippen molar-refractivity contribution in [2.24, 2.45) is 5.73 Å². The smallest absolute Gasteiger partial charge is 0.327 e. The number of amides is 3. The average Bonchev–Trinajstić information content (AvgIpc) is 3.11. The van der Waals surface area contributed by atoms with Gasteiger partial charge in [-0.25, -0.2) is 9.59 Å². The van der Waals surface area contributed by atoms with Gasteiger partial charge in [0.05, 0.1) is 23.0 Å². The van der Waals surface area contributed by atoms with E-state index in [0.29, 0.717) is 23.0 Å². The minimum absolute atomic E-state index is 0.0739. The number of halogens is 2. The molecule has 7 heteroatoms. The standard InChI is InChI=1S/C23H27Cl2N3O2/c1-16-6-5-11-28(16,22(29)14-19(26)12-17-7-3-2-4-8-17)23(30)27-15-18-9-10-20(24)21(25)13-18/h2-4,7-10,13,16,19H,5-6,11-12,14-15,26H2,1H3/p+1/t16-,19-,28?/m1/s1. The number of likely N-dealkylation sites (tertiary alicyclic amines) is 1. The summed E-state index contributed by atoms with van der Waals surface area (Å²) in [5, 5.41) is 3.83. The van der Waals surface area contributed by atoms with Crippen molar-refractivity contribution >= 4 is 35.1 Å². The summed E-state index contributed by atoms with van der Waals surface area (Å²) in [5.74, 6) is -0.116. The molecule has 3 rings (SSSR count). The fourth-order valence-electron chi connectivity index (χ4n) is 4.21. The van der Waals surface area contributed by atoms with E-state index in [9.17, 15) is 9.59 Å². The molecule has 0 aliphatic carbocycles. The largest absolute Gasteiger partial charge is 0.424 e. The van der Waals surface area contributed by atoms with Gasteiger partial charge in [-0.3, -0.25) is 0 Å². The van der Waals surface area contributed by atoms with Crippen molar-refractivity contribution in [3.05, 3.63) is 69.7 Å². The normalized spacial score (nSPS) is 21.9. The minimum atomic E-state index is -0.328. The van der Waals surface area contributed by atoms with Gasteiger partial charge in [-0.2, -0.15) is 4.48 Å². The Bertz CT molecular complexity index is 907. The lowest BCUT2D eigenvalue weighted by Crippen LogP contribution is -2.63. The van der Waals surface area contributed by atoms with Gasteiger partial charge in [-0.05, 0) is 36.6 Å². The Labute approximate surface area is 187 Å². The number of carbonyl (C=O) groups excluding carboxylic acids is 2. The molecule has 2 aromatic rings. The van der Waals surface area contributed by atoms with Gasteiger partial charge in [-0.1, -0.05) is 59.6 Å². The third-order valence-electron chi connectivity index (χ3n) is 5.90. The third kappa shape index (κ3) is 5.03. The SMILES string of the molecule is C[C@@H]1CCC[N+]1(C(=O)C[C@H](N)Cc1ccccc1)C(=O)NCc1ccc(Cl)c(Cl)c1. The fraction of sp³-hybridized carbons (Fsp3) is 0.391. The van der Waals surface area contributed by atoms with Crippen LogP contribution in [0.3, 0.4) is 0 Å². The van der Waals surface area contributed by atoms with E-state index in [1.807, 2.05) is 43.3 Å². The average molecular weight is 449 g/mol. The minimum Gasteiger partial charge on any atom is -0.327 e. The van der Waals surface area contributed by atoms with Crippen LogP contribution in [0, 0.1) is 0 Å². The molecule has 0 radical (unpaired) electrons. The van der Waals surface area contributed by atoms with Crippen molar-refractivity contribution in [3.63, 3.8) is 0 Å². The molecule has 2 aromatic carbocycles. The lowest BCUT2D eigenvalue weighted by Gasteiger charge is -2.33. The highest BCUT2D eigenvalue weighted by molar-refractivity contribution is 6.42. The van der Waals surface area contributed by atoms with Gasteiger partial charge in [0, 0.05) is 25.4 Å². The maximum absolute atomic E-state index is 13.3. The quantitative estimate of drug-likeness (QED) is 0.629. The van der Waals surface area contributed by atoms with Crippen LogP contribution in [0.2, 0.25) is 10.0 Å². The molecule has 1 heterocycles. The second-order valence-electron chi connectivity index (χ2n) is 8.04. The zero-order chi connectivity index (χ0) is 21.7. The number of rotatable bonds is 6. The van der Waals surface area contributed by atoms with E-state index in [4.69, 9.17) is 28.9 Å². The Hall–Kier alpha value is -1.92. The Morgan fingerprint density at radius 1 is 1.13 bits per heavy atom. The van der Waals surface area contributed by atoms with Crippen LogP contribution in [0.15, 0.2) is 48.5 Å². The number of nitrogens with two attached hydrogens (primary N) is 1. The molecule has 30 heavy (non-hydrogen) atoms. The molecular formula is C23H28Cl2N3O2+. The van der Waals surface area contributed by atoms with Gasteiger partial charge in [0.2, 0.25) is 0 Å². The van der Waals surface area contributed by atoms with Gasteiger partial charge < -0.3 is 11.1 Å². The highest BCUT2D eigenvalue weighted by Crippen LogP contribution is 2.30. The van der Waals surface area contributed by atoms with E-state index in [2.05, 4.69) is 5.32 Å². The van der Waals surface area contributed by atoms with E-state index in [0.717, 1.165) is 24.0 Å². The maximum Gasteiger partial charge on any atom is 0.424 e. The van der Waals surface area contributed by atoms with Gasteiger partial charge >= 0.3 is 11.9 Å². The van der Waals surface area contributed by atoms with Gasteiger partial charge in [0.25, 0.3) is 0 Å². The summed E-state index contributed by atoms with van der Waals surface area (Å²) in [6.45, 7) is 2.75. The molecule has 0 bridgehead atoms. The Morgan fingerprint density at radius 3 is 2.50 bits per heavy atom. The zero-order valence-corrected chi connectivity index (χ0v) is 18.6. The number of benzene rings is 2. The molecular weight excluding hydrogens is 421 g/mol. The predicted molar refractivity (Wildman–Crippen MR) is 120 cm³/mol. The molecule has 1 fully saturated rings. The third-order valence-corrected chi connectivity index (χ3v) is 6.64. The summed E-state index contributed by atoms with van der Waals surface area (Å²) in [5.41, 5.74) is 8.20. The second-order valence-corrected chi connectivity index (χ2v) is 8.85. The summed E-state index contributed by atoms with van der Waals surface area (Å²) >= 11 is 12.0. The molecule has 1 aliphatic heterocycles. The van der Waals surface area contributed by atoms with Crippen LogP contribution in [-0.4, -0.2) is 35.0 Å². The molecule has 1 unspecified atom stereocenters. The van der Waals surface area contributed by atoms with Crippen LogP contribution < -0.4 is 11.1 Å². The second kappa shape index (κ2) is 9.92. The van der Waals surface area contributed by atoms with Crippen molar-refractivity contribution < 1.29 is 14.1 Å². The number of hydrogen-bond acceptors (Lipinski definition) is 3. The van der Waals surface area contributed by atoms with Crippen molar-refractivity contribution in [1.82, 2.24) is 5.32 Å². The first-order chi connectivity index (χ1) is 14.3. The van der Waals surface area contributed by atoms with Crippen LogP contribution in [-0.2, 0) is 17.8 Å². The number of hydrogen-bond donors (Lipinski definition) is 2. The monoisotopic (exact) mass is 448 g/mol. The van der Waals surface area contributed by atoms with Crippen LogP contribution in [0.4, 0.5) is 4.79 Å². The van der Waals surface area contributed by atoms with Crippen molar-refractivity contribution in [1.29, 1.82) is 0 Å². The van der Waals surface area contributed by atoms with Crippen molar-refractivity contribution in [2.75, 3.05) is 6.54 Å². The molecule has 0 aromatic heterocycles. The number of quaternary nitrogens is 1. The number of urea groups is 1. The number of nitrogens with zero attached hydrogens (tertiary/aromatic N) is 1. The van der Waals surface area contributed by atoms with E-state index in [-0.39, 0.29) is 41.5 Å². The maximum atomic E-state index is 13.3. The lowest BCUT2D eigenvalue weighted by molar-refractivity contribution is -0.785. The van der Waals surface area contributed by atoms with Crippen molar-refractivity contribution in [2.45, 2.75) is 51.2 Å². The predicted octanol–water partition coefficient (Wildman–Crippen LogP) is 4.69. The first-order valence-electron chi connectivity index (χ1n) is 10.3. The fourth-order valence-corrected chi connectivity index (χ4v) is 4.53. The highest BCUT2D eigenvalue weighted by Gasteiger charge is 2.52. The Balaban J connectivity index is 1.69. The first-order valence-corrected chi connectivity index (χ1v) is 11.0. The molecule has 0 saturated carbocycles. The molecule has 5 nitrogen and oxygen atoms in total. The van der Waals surface area contributed by atoms with Crippen LogP contribution in [0.25, 0.3) is 0 Å².